The van der Waals surface area contributed by atoms with Crippen LogP contribution in [-0.4, -0.2) is 17.2 Å². The molecule has 2 fully saturated rings. The number of nitrogens with one attached hydrogen (secondary N) is 1. The topological polar surface area (TPSA) is 32.3 Å². The molecule has 2 N–H and O–H groups in total. The fourth-order valence-electron chi connectivity index (χ4n) is 4.31. The molecule has 2 heteroatoms. The van der Waals surface area contributed by atoms with Gasteiger partial charge < -0.3 is 10.4 Å². The average molecular weight is 293 g/mol. The molecule has 2 atom stereocenters. The van der Waals surface area contributed by atoms with Gasteiger partial charge >= 0.3 is 0 Å². The smallest absolute Gasteiger partial charge is 0.0932 e. The van der Waals surface area contributed by atoms with Gasteiger partial charge in [0, 0.05) is 12.1 Å². The van der Waals surface area contributed by atoms with Gasteiger partial charge in [0.25, 0.3) is 0 Å². The van der Waals surface area contributed by atoms with Crippen molar-refractivity contribution in [3.05, 3.63) is 60.2 Å². The van der Waals surface area contributed by atoms with E-state index >= 15 is 0 Å². The highest BCUT2D eigenvalue weighted by atomic mass is 16.3. The second-order valence-electron chi connectivity index (χ2n) is 6.84. The molecule has 2 bridgehead atoms. The van der Waals surface area contributed by atoms with Gasteiger partial charge in [-0.05, 0) is 42.4 Å². The Hall–Kier alpha value is -1.64. The fraction of sp³-hybridized carbons (Fsp3) is 0.400. The first-order valence-corrected chi connectivity index (χ1v) is 8.38. The molecule has 2 aromatic carbocycles. The van der Waals surface area contributed by atoms with Gasteiger partial charge in [0.1, 0.15) is 0 Å². The molecule has 2 aliphatic rings. The van der Waals surface area contributed by atoms with Gasteiger partial charge in [0.2, 0.25) is 0 Å². The van der Waals surface area contributed by atoms with Crippen molar-refractivity contribution in [2.45, 2.75) is 49.8 Å². The lowest BCUT2D eigenvalue weighted by atomic mass is 9.72. The van der Waals surface area contributed by atoms with Crippen LogP contribution in [0.4, 0.5) is 0 Å². The molecule has 114 valence electrons. The van der Waals surface area contributed by atoms with E-state index in [0.29, 0.717) is 12.1 Å². The third-order valence-corrected chi connectivity index (χ3v) is 5.26. The number of hydrogen-bond acceptors (Lipinski definition) is 2. The normalized spacial score (nSPS) is 31.0. The Bertz CT molecular complexity index is 640. The van der Waals surface area contributed by atoms with Crippen LogP contribution in [-0.2, 0) is 5.60 Å². The monoisotopic (exact) mass is 293 g/mol. The summed E-state index contributed by atoms with van der Waals surface area (Å²) in [4.78, 5) is 0. The zero-order valence-corrected chi connectivity index (χ0v) is 12.8. The quantitative estimate of drug-likeness (QED) is 0.881. The third kappa shape index (κ3) is 2.47. The predicted octanol–water partition coefficient (Wildman–Crippen LogP) is 3.85. The van der Waals surface area contributed by atoms with Crippen molar-refractivity contribution in [1.82, 2.24) is 5.32 Å². The summed E-state index contributed by atoms with van der Waals surface area (Å²) < 4.78 is 0. The first kappa shape index (κ1) is 14.0. The summed E-state index contributed by atoms with van der Waals surface area (Å²) in [5.41, 5.74) is 2.76. The summed E-state index contributed by atoms with van der Waals surface area (Å²) >= 11 is 0. The summed E-state index contributed by atoms with van der Waals surface area (Å²) in [5.74, 6) is 0. The first-order valence-electron chi connectivity index (χ1n) is 8.38. The molecule has 0 radical (unpaired) electrons. The van der Waals surface area contributed by atoms with Crippen molar-refractivity contribution in [3.63, 3.8) is 0 Å². The van der Waals surface area contributed by atoms with Crippen molar-refractivity contribution in [3.8, 4) is 11.1 Å². The van der Waals surface area contributed by atoms with Gasteiger partial charge in [0.05, 0.1) is 5.60 Å². The summed E-state index contributed by atoms with van der Waals surface area (Å²) in [6.45, 7) is 0. The molecule has 0 aliphatic carbocycles. The van der Waals surface area contributed by atoms with E-state index in [-0.39, 0.29) is 0 Å². The van der Waals surface area contributed by atoms with Crippen LogP contribution in [0, 0.1) is 0 Å². The maximum absolute atomic E-state index is 11.5. The predicted molar refractivity (Wildman–Crippen MR) is 89.6 cm³/mol. The summed E-state index contributed by atoms with van der Waals surface area (Å²) in [6, 6.07) is 19.7. The van der Waals surface area contributed by atoms with Crippen LogP contribution in [0.15, 0.2) is 54.6 Å². The highest BCUT2D eigenvalue weighted by molar-refractivity contribution is 5.68. The van der Waals surface area contributed by atoms with E-state index < -0.39 is 5.60 Å². The maximum Gasteiger partial charge on any atom is 0.0932 e. The van der Waals surface area contributed by atoms with E-state index in [1.165, 1.54) is 30.4 Å². The van der Waals surface area contributed by atoms with Crippen LogP contribution in [0.5, 0.6) is 0 Å². The molecule has 0 aromatic heterocycles. The average Bonchev–Trinajstić information content (AvgIpc) is 2.55. The number of rotatable bonds is 2. The minimum atomic E-state index is -0.701. The Morgan fingerprint density at radius 1 is 0.864 bits per heavy atom. The molecule has 0 amide bonds. The summed E-state index contributed by atoms with van der Waals surface area (Å²) in [6.07, 6.45) is 5.32. The third-order valence-electron chi connectivity index (χ3n) is 5.26. The number of aliphatic hydroxyl groups is 1. The Labute approximate surface area is 132 Å². The zero-order chi connectivity index (χ0) is 15.0. The molecule has 2 aromatic rings. The van der Waals surface area contributed by atoms with Gasteiger partial charge in [0.15, 0.2) is 0 Å². The van der Waals surface area contributed by atoms with Crippen molar-refractivity contribution in [2.24, 2.45) is 0 Å². The summed E-state index contributed by atoms with van der Waals surface area (Å²) in [5, 5.41) is 15.1. The largest absolute Gasteiger partial charge is 0.385 e. The lowest BCUT2D eigenvalue weighted by molar-refractivity contribution is -0.0354. The minimum Gasteiger partial charge on any atom is -0.385 e. The molecule has 0 spiro atoms. The van der Waals surface area contributed by atoms with Crippen molar-refractivity contribution >= 4 is 0 Å². The molecular weight excluding hydrogens is 270 g/mol. The fourth-order valence-corrected chi connectivity index (χ4v) is 4.31. The Morgan fingerprint density at radius 2 is 1.50 bits per heavy atom. The SMILES string of the molecule is OC1(c2ccccc2-c2ccccc2)CC2CCCC(C1)N2. The molecule has 2 unspecified atom stereocenters. The molecule has 2 heterocycles. The van der Waals surface area contributed by atoms with Crippen LogP contribution in [0.25, 0.3) is 11.1 Å². The van der Waals surface area contributed by atoms with Gasteiger partial charge in [-0.1, -0.05) is 61.0 Å². The first-order chi connectivity index (χ1) is 10.7. The Kier molecular flexibility index (Phi) is 3.51. The van der Waals surface area contributed by atoms with E-state index in [2.05, 4.69) is 53.8 Å². The van der Waals surface area contributed by atoms with Crippen LogP contribution < -0.4 is 5.32 Å². The lowest BCUT2D eigenvalue weighted by Crippen LogP contribution is -2.54. The standard InChI is InChI=1S/C20H23NO/c22-20(13-16-9-6-10-17(14-20)21-16)19-12-5-4-11-18(19)15-7-2-1-3-8-15/h1-5,7-8,11-12,16-17,21-22H,6,9-10,13-14H2. The molecule has 4 rings (SSSR count). The molecular formula is C20H23NO. The number of hydrogen-bond donors (Lipinski definition) is 2. The molecule has 2 saturated heterocycles. The second kappa shape index (κ2) is 5.53. The zero-order valence-electron chi connectivity index (χ0n) is 12.8. The van der Waals surface area contributed by atoms with E-state index in [1.54, 1.807) is 0 Å². The van der Waals surface area contributed by atoms with E-state index in [0.717, 1.165) is 18.4 Å². The number of fused-ring (bicyclic) bond motifs is 2. The van der Waals surface area contributed by atoms with Gasteiger partial charge in [-0.15, -0.1) is 0 Å². The molecule has 0 saturated carbocycles. The van der Waals surface area contributed by atoms with E-state index in [4.69, 9.17) is 0 Å². The van der Waals surface area contributed by atoms with Crippen LogP contribution in [0.2, 0.25) is 0 Å². The van der Waals surface area contributed by atoms with Crippen LogP contribution >= 0.6 is 0 Å². The lowest BCUT2D eigenvalue weighted by Gasteiger charge is -2.46. The van der Waals surface area contributed by atoms with Gasteiger partial charge in [-0.3, -0.25) is 0 Å². The molecule has 2 aliphatic heterocycles. The highest BCUT2D eigenvalue weighted by Crippen LogP contribution is 2.43. The number of benzene rings is 2. The van der Waals surface area contributed by atoms with Crippen molar-refractivity contribution in [2.75, 3.05) is 0 Å². The van der Waals surface area contributed by atoms with E-state index in [1.807, 2.05) is 6.07 Å². The van der Waals surface area contributed by atoms with E-state index in [9.17, 15) is 5.11 Å². The maximum atomic E-state index is 11.5. The van der Waals surface area contributed by atoms with Gasteiger partial charge in [-0.25, -0.2) is 0 Å². The van der Waals surface area contributed by atoms with Gasteiger partial charge in [-0.2, -0.15) is 0 Å². The van der Waals surface area contributed by atoms with Crippen molar-refractivity contribution in [1.29, 1.82) is 0 Å². The Morgan fingerprint density at radius 3 is 2.23 bits per heavy atom. The Balaban J connectivity index is 1.76. The van der Waals surface area contributed by atoms with Crippen LogP contribution in [0.3, 0.4) is 0 Å². The molecule has 2 nitrogen and oxygen atoms in total. The molecule has 22 heavy (non-hydrogen) atoms. The minimum absolute atomic E-state index is 0.460. The van der Waals surface area contributed by atoms with Crippen molar-refractivity contribution < 1.29 is 5.11 Å². The van der Waals surface area contributed by atoms with Crippen LogP contribution in [0.1, 0.15) is 37.7 Å². The summed E-state index contributed by atoms with van der Waals surface area (Å²) in [7, 11) is 0. The number of piperidine rings is 2. The second-order valence-corrected chi connectivity index (χ2v) is 6.84. The highest BCUT2D eigenvalue weighted by Gasteiger charge is 2.42.